The summed E-state index contributed by atoms with van der Waals surface area (Å²) in [5, 5.41) is 10.5. The van der Waals surface area contributed by atoms with E-state index in [4.69, 9.17) is 21.3 Å². The number of rotatable bonds is 6. The molecule has 0 unspecified atom stereocenters. The highest BCUT2D eigenvalue weighted by molar-refractivity contribution is 6.30. The molecule has 1 aromatic heterocycles. The number of piperazine rings is 1. The zero-order valence-electron chi connectivity index (χ0n) is 17.4. The van der Waals surface area contributed by atoms with Crippen molar-refractivity contribution in [3.8, 4) is 6.07 Å². The molecule has 2 aromatic carbocycles. The van der Waals surface area contributed by atoms with Gasteiger partial charge >= 0.3 is 5.97 Å². The van der Waals surface area contributed by atoms with Crippen LogP contribution in [0.25, 0.3) is 11.0 Å². The van der Waals surface area contributed by atoms with Crippen LogP contribution in [0, 0.1) is 11.3 Å². The number of fused-ring (bicyclic) bond motifs is 1. The van der Waals surface area contributed by atoms with Gasteiger partial charge in [0.25, 0.3) is 0 Å². The second-order valence-electron chi connectivity index (χ2n) is 7.36. The summed E-state index contributed by atoms with van der Waals surface area (Å²) in [5.41, 5.74) is 2.71. The fraction of sp³-hybridized carbons (Fsp3) is 0.250. The van der Waals surface area contributed by atoms with Crippen molar-refractivity contribution >= 4 is 40.1 Å². The molecule has 0 radical (unpaired) electrons. The van der Waals surface area contributed by atoms with Gasteiger partial charge in [-0.25, -0.2) is 9.97 Å². The lowest BCUT2D eigenvalue weighted by atomic mass is 10.1. The summed E-state index contributed by atoms with van der Waals surface area (Å²) in [4.78, 5) is 26.3. The van der Waals surface area contributed by atoms with Gasteiger partial charge in [-0.05, 0) is 30.3 Å². The number of hydrogen-bond donors (Lipinski definition) is 0. The van der Waals surface area contributed by atoms with Crippen molar-refractivity contribution in [2.75, 3.05) is 42.6 Å². The van der Waals surface area contributed by atoms with Gasteiger partial charge in [0.2, 0.25) is 0 Å². The second-order valence-corrected chi connectivity index (χ2v) is 7.79. The lowest BCUT2D eigenvalue weighted by Gasteiger charge is -2.37. The van der Waals surface area contributed by atoms with Crippen LogP contribution < -0.4 is 9.80 Å². The molecule has 0 saturated carbocycles. The minimum absolute atomic E-state index is 0.0334. The summed E-state index contributed by atoms with van der Waals surface area (Å²) in [5.74, 6) is -1.29. The fourth-order valence-corrected chi connectivity index (χ4v) is 3.91. The molecule has 0 bridgehead atoms. The molecule has 1 atom stereocenters. The van der Waals surface area contributed by atoms with E-state index in [9.17, 15) is 10.1 Å². The molecule has 2 heterocycles. The molecule has 1 fully saturated rings. The molecule has 32 heavy (non-hydrogen) atoms. The first-order valence-corrected chi connectivity index (χ1v) is 10.7. The Morgan fingerprint density at radius 2 is 1.81 bits per heavy atom. The molecule has 0 aliphatic carbocycles. The number of benzene rings is 2. The normalized spacial score (nSPS) is 14.6. The molecule has 0 amide bonds. The summed E-state index contributed by atoms with van der Waals surface area (Å²) in [6.07, 6.45) is 1.47. The van der Waals surface area contributed by atoms with Crippen molar-refractivity contribution in [2.45, 2.75) is 5.92 Å². The van der Waals surface area contributed by atoms with Crippen molar-refractivity contribution in [1.29, 1.82) is 5.26 Å². The molecular weight excluding hydrogens is 426 g/mol. The Balaban J connectivity index is 1.65. The molecule has 4 rings (SSSR count). The van der Waals surface area contributed by atoms with Gasteiger partial charge in [0.15, 0.2) is 11.7 Å². The average Bonchev–Trinajstić information content (AvgIpc) is 2.83. The number of nitriles is 1. The number of para-hydroxylation sites is 2. The lowest BCUT2D eigenvalue weighted by molar-refractivity contribution is -0.142. The van der Waals surface area contributed by atoms with E-state index in [0.29, 0.717) is 40.7 Å². The van der Waals surface area contributed by atoms with Crippen LogP contribution in [0.15, 0.2) is 61.2 Å². The largest absolute Gasteiger partial charge is 0.460 e. The summed E-state index contributed by atoms with van der Waals surface area (Å²) in [7, 11) is 0. The first kappa shape index (κ1) is 21.6. The highest BCUT2D eigenvalue weighted by Gasteiger charge is 2.31. The fourth-order valence-electron chi connectivity index (χ4n) is 3.73. The first-order chi connectivity index (χ1) is 15.6. The summed E-state index contributed by atoms with van der Waals surface area (Å²) in [6.45, 7) is 6.39. The number of carbonyl (C=O) groups excluding carboxylic acids is 1. The van der Waals surface area contributed by atoms with Gasteiger partial charge in [-0.3, -0.25) is 4.79 Å². The van der Waals surface area contributed by atoms with Crippen LogP contribution in [-0.4, -0.2) is 48.7 Å². The van der Waals surface area contributed by atoms with Gasteiger partial charge in [-0.15, -0.1) is 0 Å². The molecule has 1 saturated heterocycles. The number of ether oxygens (including phenoxy) is 1. The van der Waals surface area contributed by atoms with Gasteiger partial charge in [0.1, 0.15) is 12.3 Å². The van der Waals surface area contributed by atoms with Crippen molar-refractivity contribution in [3.05, 3.63) is 71.9 Å². The van der Waals surface area contributed by atoms with Crippen LogP contribution in [-0.2, 0) is 9.53 Å². The van der Waals surface area contributed by atoms with E-state index in [1.165, 1.54) is 6.08 Å². The highest BCUT2D eigenvalue weighted by atomic mass is 35.5. The number of esters is 1. The minimum Gasteiger partial charge on any atom is -0.460 e. The van der Waals surface area contributed by atoms with Gasteiger partial charge in [-0.1, -0.05) is 42.5 Å². The van der Waals surface area contributed by atoms with Crippen LogP contribution in [0.2, 0.25) is 5.02 Å². The Labute approximate surface area is 191 Å². The maximum atomic E-state index is 12.6. The van der Waals surface area contributed by atoms with E-state index in [-0.39, 0.29) is 6.61 Å². The molecule has 162 valence electrons. The highest BCUT2D eigenvalue weighted by Crippen LogP contribution is 2.29. The Hall–Kier alpha value is -3.63. The zero-order chi connectivity index (χ0) is 22.5. The smallest absolute Gasteiger partial charge is 0.330 e. The topological polar surface area (TPSA) is 82.3 Å². The van der Waals surface area contributed by atoms with Crippen LogP contribution >= 0.6 is 11.6 Å². The third-order valence-corrected chi connectivity index (χ3v) is 5.55. The molecular formula is C24H22ClN5O2. The van der Waals surface area contributed by atoms with Gasteiger partial charge in [-0.2, -0.15) is 5.26 Å². The van der Waals surface area contributed by atoms with E-state index in [2.05, 4.69) is 21.4 Å². The van der Waals surface area contributed by atoms with Crippen LogP contribution in [0.4, 0.5) is 11.5 Å². The average molecular weight is 448 g/mol. The maximum Gasteiger partial charge on any atom is 0.330 e. The third-order valence-electron chi connectivity index (χ3n) is 5.31. The predicted molar refractivity (Wildman–Crippen MR) is 125 cm³/mol. The van der Waals surface area contributed by atoms with Crippen LogP contribution in [0.5, 0.6) is 0 Å². The lowest BCUT2D eigenvalue weighted by Crippen LogP contribution is -2.47. The van der Waals surface area contributed by atoms with E-state index in [0.717, 1.165) is 18.8 Å². The number of nitrogens with zero attached hydrogens (tertiary/aromatic N) is 5. The molecule has 7 nitrogen and oxygen atoms in total. The summed E-state index contributed by atoms with van der Waals surface area (Å²) >= 11 is 6.15. The quantitative estimate of drug-likeness (QED) is 0.418. The Kier molecular flexibility index (Phi) is 6.52. The zero-order valence-corrected chi connectivity index (χ0v) is 18.2. The number of carbonyl (C=O) groups is 1. The van der Waals surface area contributed by atoms with Crippen molar-refractivity contribution in [3.63, 3.8) is 0 Å². The number of halogens is 1. The monoisotopic (exact) mass is 447 g/mol. The van der Waals surface area contributed by atoms with Crippen molar-refractivity contribution in [1.82, 2.24) is 9.97 Å². The number of hydrogen-bond acceptors (Lipinski definition) is 7. The van der Waals surface area contributed by atoms with Gasteiger partial charge < -0.3 is 14.5 Å². The predicted octanol–water partition coefficient (Wildman–Crippen LogP) is 3.95. The Bertz CT molecular complexity index is 1180. The molecule has 3 aromatic rings. The number of anilines is 2. The number of aromatic nitrogens is 2. The summed E-state index contributed by atoms with van der Waals surface area (Å²) < 4.78 is 5.15. The third kappa shape index (κ3) is 4.51. The first-order valence-electron chi connectivity index (χ1n) is 10.3. The van der Waals surface area contributed by atoms with E-state index in [1.807, 2.05) is 54.6 Å². The SMILES string of the molecule is C=CCOC(=O)[C@H](C#N)c1nc2ccccc2nc1N1CCN(c2cccc(Cl)c2)CC1. The molecule has 1 aliphatic heterocycles. The van der Waals surface area contributed by atoms with Crippen molar-refractivity contribution < 1.29 is 9.53 Å². The van der Waals surface area contributed by atoms with E-state index in [1.54, 1.807) is 0 Å². The van der Waals surface area contributed by atoms with Crippen molar-refractivity contribution in [2.24, 2.45) is 0 Å². The van der Waals surface area contributed by atoms with Crippen LogP contribution in [0.1, 0.15) is 11.6 Å². The minimum atomic E-state index is -1.17. The Morgan fingerprint density at radius 3 is 2.47 bits per heavy atom. The van der Waals surface area contributed by atoms with E-state index < -0.39 is 11.9 Å². The maximum absolute atomic E-state index is 12.6. The molecule has 1 aliphatic rings. The Morgan fingerprint density at radius 1 is 1.12 bits per heavy atom. The molecule has 0 N–H and O–H groups in total. The molecule has 0 spiro atoms. The second kappa shape index (κ2) is 9.67. The van der Waals surface area contributed by atoms with Crippen LogP contribution in [0.3, 0.4) is 0 Å². The van der Waals surface area contributed by atoms with E-state index >= 15 is 0 Å². The van der Waals surface area contributed by atoms with Gasteiger partial charge in [0, 0.05) is 36.9 Å². The van der Waals surface area contributed by atoms with Gasteiger partial charge in [0.05, 0.1) is 17.1 Å². The summed E-state index contributed by atoms with van der Waals surface area (Å²) in [6, 6.07) is 17.2. The standard InChI is InChI=1S/C24H22ClN5O2/c1-2-14-32-24(31)19(16-26)22-23(28-21-9-4-3-8-20(21)27-22)30-12-10-29(11-13-30)18-7-5-6-17(25)15-18/h2-9,15,19H,1,10-14H2/t19-/m1/s1. The molecule has 8 heteroatoms.